The molecule has 2 aromatic rings. The molecule has 2 aromatic carbocycles. The van der Waals surface area contributed by atoms with Crippen molar-refractivity contribution in [3.05, 3.63) is 58.9 Å². The van der Waals surface area contributed by atoms with Crippen molar-refractivity contribution < 1.29 is 13.2 Å². The van der Waals surface area contributed by atoms with Gasteiger partial charge in [-0.1, -0.05) is 24.3 Å². The first-order chi connectivity index (χ1) is 13.0. The third-order valence-corrected chi connectivity index (χ3v) is 6.36. The van der Waals surface area contributed by atoms with Gasteiger partial charge in [0.25, 0.3) is 0 Å². The highest BCUT2D eigenvalue weighted by molar-refractivity contribution is 6.03. The Balaban J connectivity index is 1.56. The van der Waals surface area contributed by atoms with Gasteiger partial charge in [0.05, 0.1) is 0 Å². The Labute approximate surface area is 159 Å². The Hall–Kier alpha value is -2.03. The highest BCUT2D eigenvalue weighted by Crippen LogP contribution is 2.53. The fourth-order valence-corrected chi connectivity index (χ4v) is 4.78. The number of rotatable bonds is 4. The van der Waals surface area contributed by atoms with E-state index in [1.54, 1.807) is 6.07 Å². The average molecular weight is 370 g/mol. The summed E-state index contributed by atoms with van der Waals surface area (Å²) < 4.78 is 43.6. The first kappa shape index (κ1) is 18.3. The van der Waals surface area contributed by atoms with E-state index in [9.17, 15) is 8.78 Å². The fourth-order valence-electron chi connectivity index (χ4n) is 4.78. The summed E-state index contributed by atoms with van der Waals surface area (Å²) in [7, 11) is 0. The molecule has 0 aromatic heterocycles. The van der Waals surface area contributed by atoms with Crippen molar-refractivity contribution in [1.29, 1.82) is 0 Å². The van der Waals surface area contributed by atoms with Crippen LogP contribution in [0.4, 0.5) is 13.2 Å². The normalized spacial score (nSPS) is 21.1. The summed E-state index contributed by atoms with van der Waals surface area (Å²) >= 11 is 0. The highest BCUT2D eigenvalue weighted by atomic mass is 19.2. The summed E-state index contributed by atoms with van der Waals surface area (Å²) in [5.41, 5.74) is 2.65. The molecule has 4 rings (SSSR count). The van der Waals surface area contributed by atoms with Crippen molar-refractivity contribution in [2.75, 3.05) is 0 Å². The monoisotopic (exact) mass is 370 g/mol. The van der Waals surface area contributed by atoms with Gasteiger partial charge in [-0.3, -0.25) is 0 Å². The molecule has 0 radical (unpaired) electrons. The van der Waals surface area contributed by atoms with E-state index in [1.807, 2.05) is 19.1 Å². The molecule has 0 spiro atoms. The molecule has 142 valence electrons. The van der Waals surface area contributed by atoms with Crippen molar-refractivity contribution in [3.63, 3.8) is 0 Å². The zero-order valence-corrected chi connectivity index (χ0v) is 15.9. The van der Waals surface area contributed by atoms with Gasteiger partial charge in [-0.15, -0.1) is 0 Å². The average Bonchev–Trinajstić information content (AvgIpc) is 2.66. The Kier molecular flexibility index (Phi) is 4.88. The molecule has 3 heteroatoms. The second-order valence-corrected chi connectivity index (χ2v) is 8.00. The number of benzene rings is 2. The van der Waals surface area contributed by atoms with E-state index in [1.165, 1.54) is 13.3 Å². The van der Waals surface area contributed by atoms with Crippen molar-refractivity contribution in [3.8, 4) is 22.3 Å². The summed E-state index contributed by atoms with van der Waals surface area (Å²) in [5.74, 6) is -1.25. The Morgan fingerprint density at radius 2 is 1.63 bits per heavy atom. The van der Waals surface area contributed by atoms with Crippen LogP contribution >= 0.6 is 0 Å². The van der Waals surface area contributed by atoms with Crippen LogP contribution in [0.2, 0.25) is 0 Å². The van der Waals surface area contributed by atoms with Crippen molar-refractivity contribution in [1.82, 2.24) is 0 Å². The van der Waals surface area contributed by atoms with Crippen LogP contribution in [0.1, 0.15) is 62.5 Å². The van der Waals surface area contributed by atoms with Crippen LogP contribution in [0.5, 0.6) is 0 Å². The van der Waals surface area contributed by atoms with Crippen LogP contribution in [0, 0.1) is 30.3 Å². The van der Waals surface area contributed by atoms with Crippen molar-refractivity contribution >= 4 is 0 Å². The zero-order valence-electron chi connectivity index (χ0n) is 15.9. The molecule has 0 aliphatic heterocycles. The van der Waals surface area contributed by atoms with Crippen LogP contribution in [0.3, 0.4) is 0 Å². The SMILES string of the molecule is C/C=C/CCC1CCC(c2ccc3c(c2F)-c2c-3cc(C)c(F)c2F)CC1. The molecule has 0 N–H and O–H groups in total. The van der Waals surface area contributed by atoms with Gasteiger partial charge in [0, 0.05) is 11.1 Å². The third-order valence-electron chi connectivity index (χ3n) is 6.36. The van der Waals surface area contributed by atoms with E-state index < -0.39 is 11.6 Å². The number of fused-ring (bicyclic) bond motifs is 4. The molecule has 0 unspecified atom stereocenters. The van der Waals surface area contributed by atoms with E-state index in [2.05, 4.69) is 12.2 Å². The molecule has 0 nitrogen and oxygen atoms in total. The van der Waals surface area contributed by atoms with Gasteiger partial charge in [0.15, 0.2) is 11.6 Å². The molecule has 0 atom stereocenters. The zero-order chi connectivity index (χ0) is 19.1. The predicted molar refractivity (Wildman–Crippen MR) is 104 cm³/mol. The minimum absolute atomic E-state index is 0.118. The van der Waals surface area contributed by atoms with E-state index in [4.69, 9.17) is 0 Å². The first-order valence-corrected chi connectivity index (χ1v) is 9.95. The van der Waals surface area contributed by atoms with E-state index in [0.29, 0.717) is 22.6 Å². The van der Waals surface area contributed by atoms with Crippen LogP contribution in [-0.2, 0) is 0 Å². The number of hydrogen-bond acceptors (Lipinski definition) is 0. The van der Waals surface area contributed by atoms with Crippen molar-refractivity contribution in [2.45, 2.75) is 58.3 Å². The summed E-state index contributed by atoms with van der Waals surface area (Å²) in [5, 5.41) is 0. The maximum Gasteiger partial charge on any atom is 0.167 e. The van der Waals surface area contributed by atoms with Gasteiger partial charge in [-0.05, 0) is 92.5 Å². The summed E-state index contributed by atoms with van der Waals surface area (Å²) in [6.07, 6.45) is 10.7. The smallest absolute Gasteiger partial charge is 0.167 e. The van der Waals surface area contributed by atoms with Crippen LogP contribution < -0.4 is 0 Å². The minimum atomic E-state index is -0.916. The van der Waals surface area contributed by atoms with E-state index >= 15 is 4.39 Å². The van der Waals surface area contributed by atoms with Gasteiger partial charge in [0.2, 0.25) is 0 Å². The highest BCUT2D eigenvalue weighted by Gasteiger charge is 2.35. The topological polar surface area (TPSA) is 0 Å². The number of allylic oxidation sites excluding steroid dienone is 2. The quantitative estimate of drug-likeness (QED) is 0.413. The Bertz CT molecular complexity index is 903. The third kappa shape index (κ3) is 3.01. The second kappa shape index (κ2) is 7.18. The van der Waals surface area contributed by atoms with E-state index in [0.717, 1.165) is 32.1 Å². The predicted octanol–water partition coefficient (Wildman–Crippen LogP) is 7.69. The van der Waals surface area contributed by atoms with Gasteiger partial charge in [0.1, 0.15) is 5.82 Å². The minimum Gasteiger partial charge on any atom is -0.206 e. The molecule has 0 heterocycles. The molecular weight excluding hydrogens is 345 g/mol. The molecule has 2 aliphatic carbocycles. The Morgan fingerprint density at radius 1 is 0.926 bits per heavy atom. The van der Waals surface area contributed by atoms with Gasteiger partial charge in [-0.25, -0.2) is 13.2 Å². The lowest BCUT2D eigenvalue weighted by atomic mass is 9.73. The fraction of sp³-hybridized carbons (Fsp3) is 0.417. The first-order valence-electron chi connectivity index (χ1n) is 9.95. The molecule has 27 heavy (non-hydrogen) atoms. The maximum absolute atomic E-state index is 15.2. The van der Waals surface area contributed by atoms with E-state index in [-0.39, 0.29) is 28.4 Å². The second-order valence-electron chi connectivity index (χ2n) is 8.00. The lowest BCUT2D eigenvalue weighted by Crippen LogP contribution is -2.16. The maximum atomic E-state index is 15.2. The number of aryl methyl sites for hydroxylation is 1. The summed E-state index contributed by atoms with van der Waals surface area (Å²) in [4.78, 5) is 0. The molecule has 1 fully saturated rings. The molecule has 1 saturated carbocycles. The standard InChI is InChI=1S/C24H25F3/c1-3-4-5-6-15-7-9-16(10-8-15)17-11-12-18-19-13-14(2)22(25)24(27)21(19)20(18)23(17)26/h3-4,11-13,15-16H,5-10H2,1-2H3/b4-3+. The molecule has 0 bridgehead atoms. The molecule has 0 amide bonds. The lowest BCUT2D eigenvalue weighted by molar-refractivity contribution is 0.308. The number of hydrogen-bond donors (Lipinski definition) is 0. The van der Waals surface area contributed by atoms with Crippen molar-refractivity contribution in [2.24, 2.45) is 5.92 Å². The summed E-state index contributed by atoms with van der Waals surface area (Å²) in [6.45, 7) is 3.58. The number of halogens is 3. The Morgan fingerprint density at radius 3 is 2.33 bits per heavy atom. The van der Waals surface area contributed by atoms with Gasteiger partial charge < -0.3 is 0 Å². The van der Waals surface area contributed by atoms with Crippen LogP contribution in [0.25, 0.3) is 22.3 Å². The van der Waals surface area contributed by atoms with Crippen LogP contribution in [-0.4, -0.2) is 0 Å². The van der Waals surface area contributed by atoms with Crippen LogP contribution in [0.15, 0.2) is 30.4 Å². The molecule has 0 saturated heterocycles. The van der Waals surface area contributed by atoms with Gasteiger partial charge >= 0.3 is 0 Å². The summed E-state index contributed by atoms with van der Waals surface area (Å²) in [6, 6.07) is 5.36. The lowest BCUT2D eigenvalue weighted by Gasteiger charge is -2.32. The molecule has 2 aliphatic rings. The largest absolute Gasteiger partial charge is 0.206 e. The molecular formula is C24H25F3. The van der Waals surface area contributed by atoms with Gasteiger partial charge in [-0.2, -0.15) is 0 Å².